The quantitative estimate of drug-likeness (QED) is 0.796. The average molecular weight is 257 g/mol. The molecule has 0 radical (unpaired) electrons. The Morgan fingerprint density at radius 3 is 2.85 bits per heavy atom. The van der Waals surface area contributed by atoms with Gasteiger partial charge >= 0.3 is 0 Å². The fourth-order valence-corrected chi connectivity index (χ4v) is 2.74. The predicted molar refractivity (Wildman–Crippen MR) is 56.6 cm³/mol. The smallest absolute Gasteiger partial charge is 0.160 e. The van der Waals surface area contributed by atoms with Crippen molar-refractivity contribution in [2.45, 2.75) is 0 Å². The fourth-order valence-electron chi connectivity index (χ4n) is 1.17. The minimum atomic E-state index is 0.203. The van der Waals surface area contributed by atoms with E-state index in [1.807, 2.05) is 0 Å². The van der Waals surface area contributed by atoms with Crippen LogP contribution in [-0.2, 0) is 0 Å². The van der Waals surface area contributed by atoms with E-state index in [2.05, 4.69) is 15.9 Å². The van der Waals surface area contributed by atoms with E-state index in [-0.39, 0.29) is 5.75 Å². The molecule has 1 N–H and O–H groups in total. The van der Waals surface area contributed by atoms with Gasteiger partial charge in [-0.1, -0.05) is 0 Å². The van der Waals surface area contributed by atoms with Crippen LogP contribution in [-0.4, -0.2) is 11.4 Å². The molecule has 0 amide bonds. The lowest BCUT2D eigenvalue weighted by Gasteiger charge is -1.94. The number of fused-ring (bicyclic) bond motifs is 1. The number of rotatable bonds is 1. The number of aromatic hydroxyl groups is 1. The number of hydrogen-bond donors (Lipinski definition) is 1. The van der Waals surface area contributed by atoms with Gasteiger partial charge in [0.15, 0.2) is 6.29 Å². The molecule has 0 unspecified atom stereocenters. The number of hydrogen-bond acceptors (Lipinski definition) is 3. The first-order valence-electron chi connectivity index (χ1n) is 3.58. The number of phenols is 1. The SMILES string of the molecule is O=Cc1cc2cc(O)cc(Br)c2s1. The van der Waals surface area contributed by atoms with Crippen molar-refractivity contribution in [1.82, 2.24) is 0 Å². The molecule has 4 heteroatoms. The first kappa shape index (κ1) is 8.72. The summed E-state index contributed by atoms with van der Waals surface area (Å²) in [5, 5.41) is 10.2. The van der Waals surface area contributed by atoms with Crippen molar-refractivity contribution in [2.24, 2.45) is 0 Å². The lowest BCUT2D eigenvalue weighted by molar-refractivity contribution is 0.112. The normalized spacial score (nSPS) is 10.5. The Balaban J connectivity index is 2.82. The van der Waals surface area contributed by atoms with Crippen molar-refractivity contribution in [3.05, 3.63) is 27.5 Å². The maximum atomic E-state index is 10.5. The summed E-state index contributed by atoms with van der Waals surface area (Å²) in [6.07, 6.45) is 0.814. The second kappa shape index (κ2) is 3.12. The second-order valence-electron chi connectivity index (χ2n) is 2.61. The summed E-state index contributed by atoms with van der Waals surface area (Å²) in [6, 6.07) is 5.02. The first-order valence-corrected chi connectivity index (χ1v) is 5.19. The lowest BCUT2D eigenvalue weighted by Crippen LogP contribution is -1.67. The monoisotopic (exact) mass is 256 g/mol. The van der Waals surface area contributed by atoms with Gasteiger partial charge in [0.25, 0.3) is 0 Å². The Morgan fingerprint density at radius 2 is 2.15 bits per heavy atom. The van der Waals surface area contributed by atoms with Crippen LogP contribution < -0.4 is 0 Å². The zero-order valence-corrected chi connectivity index (χ0v) is 8.85. The van der Waals surface area contributed by atoms with Crippen molar-refractivity contribution < 1.29 is 9.90 Å². The third kappa shape index (κ3) is 1.47. The van der Waals surface area contributed by atoms with Crippen molar-refractivity contribution >= 4 is 43.6 Å². The Morgan fingerprint density at radius 1 is 1.38 bits per heavy atom. The van der Waals surface area contributed by atoms with Crippen LogP contribution in [0.25, 0.3) is 10.1 Å². The van der Waals surface area contributed by atoms with Crippen molar-refractivity contribution in [2.75, 3.05) is 0 Å². The fraction of sp³-hybridized carbons (Fsp3) is 0. The van der Waals surface area contributed by atoms with E-state index in [1.54, 1.807) is 18.2 Å². The van der Waals surface area contributed by atoms with Crippen LogP contribution in [0.1, 0.15) is 9.67 Å². The summed E-state index contributed by atoms with van der Waals surface area (Å²) >= 11 is 4.73. The van der Waals surface area contributed by atoms with Crippen molar-refractivity contribution in [3.8, 4) is 5.75 Å². The lowest BCUT2D eigenvalue weighted by atomic mass is 10.2. The number of aldehydes is 1. The zero-order valence-electron chi connectivity index (χ0n) is 6.45. The summed E-state index contributed by atoms with van der Waals surface area (Å²) in [5.74, 6) is 0.203. The average Bonchev–Trinajstić information content (AvgIpc) is 2.47. The number of carbonyl (C=O) groups is 1. The molecule has 0 atom stereocenters. The van der Waals surface area contributed by atoms with Gasteiger partial charge in [0.05, 0.1) is 4.88 Å². The van der Waals surface area contributed by atoms with E-state index in [1.165, 1.54) is 11.3 Å². The van der Waals surface area contributed by atoms with Gasteiger partial charge in [-0.3, -0.25) is 4.79 Å². The molecule has 2 aromatic rings. The highest BCUT2D eigenvalue weighted by molar-refractivity contribution is 9.10. The second-order valence-corrected chi connectivity index (χ2v) is 4.55. The molecule has 0 saturated heterocycles. The van der Waals surface area contributed by atoms with Gasteiger partial charge in [0, 0.05) is 9.17 Å². The summed E-state index contributed by atoms with van der Waals surface area (Å²) in [5.41, 5.74) is 0. The van der Waals surface area contributed by atoms with Crippen LogP contribution in [0.15, 0.2) is 22.7 Å². The van der Waals surface area contributed by atoms with Crippen molar-refractivity contribution in [3.63, 3.8) is 0 Å². The van der Waals surface area contributed by atoms with Gasteiger partial charge < -0.3 is 5.11 Å². The highest BCUT2D eigenvalue weighted by atomic mass is 79.9. The van der Waals surface area contributed by atoms with Crippen LogP contribution in [0.2, 0.25) is 0 Å². The maximum absolute atomic E-state index is 10.5. The minimum absolute atomic E-state index is 0.203. The molecule has 1 aromatic heterocycles. The molecule has 1 heterocycles. The standard InChI is InChI=1S/C9H5BrO2S/c10-8-3-6(12)1-5-2-7(4-11)13-9(5)8/h1-4,12H. The number of benzene rings is 1. The molecule has 13 heavy (non-hydrogen) atoms. The maximum Gasteiger partial charge on any atom is 0.160 e. The number of phenolic OH excluding ortho intramolecular Hbond substituents is 1. The Hall–Kier alpha value is -0.870. The van der Waals surface area contributed by atoms with E-state index in [0.717, 1.165) is 20.8 Å². The highest BCUT2D eigenvalue weighted by Gasteiger charge is 2.05. The molecule has 0 aliphatic carbocycles. The molecule has 0 spiro atoms. The predicted octanol–water partition coefficient (Wildman–Crippen LogP) is 3.18. The summed E-state index contributed by atoms with van der Waals surface area (Å²) in [7, 11) is 0. The Kier molecular flexibility index (Phi) is 2.09. The Bertz CT molecular complexity index is 476. The number of halogens is 1. The minimum Gasteiger partial charge on any atom is -0.508 e. The molecule has 0 fully saturated rings. The van der Waals surface area contributed by atoms with E-state index < -0.39 is 0 Å². The number of carbonyl (C=O) groups excluding carboxylic acids is 1. The third-order valence-electron chi connectivity index (χ3n) is 1.69. The van der Waals surface area contributed by atoms with E-state index >= 15 is 0 Å². The molecule has 66 valence electrons. The van der Waals surface area contributed by atoms with Gasteiger partial charge in [-0.25, -0.2) is 0 Å². The van der Waals surface area contributed by atoms with E-state index in [0.29, 0.717) is 4.88 Å². The van der Waals surface area contributed by atoms with Crippen LogP contribution >= 0.6 is 27.3 Å². The van der Waals surface area contributed by atoms with Crippen LogP contribution in [0, 0.1) is 0 Å². The highest BCUT2D eigenvalue weighted by Crippen LogP contribution is 2.34. The zero-order chi connectivity index (χ0) is 9.42. The van der Waals surface area contributed by atoms with Gasteiger partial charge in [-0.2, -0.15) is 0 Å². The van der Waals surface area contributed by atoms with Gasteiger partial charge in [-0.05, 0) is 39.5 Å². The molecular formula is C9H5BrO2S. The number of thiophene rings is 1. The van der Waals surface area contributed by atoms with E-state index in [4.69, 9.17) is 0 Å². The molecule has 0 saturated carbocycles. The third-order valence-corrected chi connectivity index (χ3v) is 3.69. The summed E-state index contributed by atoms with van der Waals surface area (Å²) < 4.78 is 1.81. The van der Waals surface area contributed by atoms with Crippen LogP contribution in [0.4, 0.5) is 0 Å². The van der Waals surface area contributed by atoms with E-state index in [9.17, 15) is 9.90 Å². The molecule has 0 bridgehead atoms. The van der Waals surface area contributed by atoms with Crippen molar-refractivity contribution in [1.29, 1.82) is 0 Å². The van der Waals surface area contributed by atoms with Crippen LogP contribution in [0.3, 0.4) is 0 Å². The molecule has 1 aromatic carbocycles. The van der Waals surface area contributed by atoms with Gasteiger partial charge in [0.1, 0.15) is 5.75 Å². The molecule has 0 aliphatic heterocycles. The largest absolute Gasteiger partial charge is 0.508 e. The summed E-state index contributed by atoms with van der Waals surface area (Å²) in [4.78, 5) is 11.2. The van der Waals surface area contributed by atoms with Crippen LogP contribution in [0.5, 0.6) is 5.75 Å². The summed E-state index contributed by atoms with van der Waals surface area (Å²) in [6.45, 7) is 0. The first-order chi connectivity index (χ1) is 6.20. The Labute approximate surface area is 86.9 Å². The topological polar surface area (TPSA) is 37.3 Å². The molecular weight excluding hydrogens is 252 g/mol. The molecule has 2 rings (SSSR count). The van der Waals surface area contributed by atoms with Gasteiger partial charge in [0.2, 0.25) is 0 Å². The molecule has 2 nitrogen and oxygen atoms in total. The van der Waals surface area contributed by atoms with Gasteiger partial charge in [-0.15, -0.1) is 11.3 Å². The molecule has 0 aliphatic rings.